The van der Waals surface area contributed by atoms with E-state index in [4.69, 9.17) is 0 Å². The maximum atomic E-state index is 2.32. The van der Waals surface area contributed by atoms with Gasteiger partial charge in [-0.25, -0.2) is 0 Å². The van der Waals surface area contributed by atoms with Gasteiger partial charge in [0.2, 0.25) is 0 Å². The third-order valence-corrected chi connectivity index (χ3v) is 3.39. The number of benzene rings is 2. The van der Waals surface area contributed by atoms with Crippen molar-refractivity contribution in [1.82, 2.24) is 0 Å². The van der Waals surface area contributed by atoms with E-state index in [1.54, 1.807) is 0 Å². The Kier molecular flexibility index (Phi) is 1.72. The largest absolute Gasteiger partial charge is 0.0619 e. The summed E-state index contributed by atoms with van der Waals surface area (Å²) in [5.74, 6) is 0.552. The quantitative estimate of drug-likeness (QED) is 0.591. The van der Waals surface area contributed by atoms with Crippen LogP contribution in [0.3, 0.4) is 0 Å². The number of fused-ring (bicyclic) bond motifs is 3. The van der Waals surface area contributed by atoms with E-state index in [-0.39, 0.29) is 0 Å². The van der Waals surface area contributed by atoms with Gasteiger partial charge in [0.25, 0.3) is 0 Å². The molecule has 0 heterocycles. The zero-order valence-electron chi connectivity index (χ0n) is 9.12. The highest BCUT2D eigenvalue weighted by Gasteiger charge is 2.24. The summed E-state index contributed by atoms with van der Waals surface area (Å²) in [5.41, 5.74) is 7.14. The van der Waals surface area contributed by atoms with E-state index in [0.29, 0.717) is 5.92 Å². The van der Waals surface area contributed by atoms with Gasteiger partial charge in [0.1, 0.15) is 0 Å². The minimum atomic E-state index is 0.552. The van der Waals surface area contributed by atoms with Crippen molar-refractivity contribution in [3.8, 4) is 11.1 Å². The van der Waals surface area contributed by atoms with Gasteiger partial charge in [0.05, 0.1) is 0 Å². The van der Waals surface area contributed by atoms with Gasteiger partial charge >= 0.3 is 0 Å². The zero-order valence-corrected chi connectivity index (χ0v) is 9.12. The summed E-state index contributed by atoms with van der Waals surface area (Å²) in [6, 6.07) is 15.5. The molecule has 0 spiro atoms. The predicted octanol–water partition coefficient (Wildman–Crippen LogP) is 4.13. The molecule has 0 fully saturated rings. The molecular weight excluding hydrogens is 180 g/mol. The van der Waals surface area contributed by atoms with Crippen LogP contribution >= 0.6 is 0 Å². The fourth-order valence-electron chi connectivity index (χ4n) is 2.57. The van der Waals surface area contributed by atoms with E-state index in [0.717, 1.165) is 0 Å². The Labute approximate surface area is 90.6 Å². The molecule has 74 valence electrons. The number of hydrogen-bond donors (Lipinski definition) is 0. The van der Waals surface area contributed by atoms with Crippen LogP contribution in [-0.2, 0) is 0 Å². The lowest BCUT2D eigenvalue weighted by Crippen LogP contribution is -1.89. The normalized spacial score (nSPS) is 17.3. The van der Waals surface area contributed by atoms with Gasteiger partial charge in [-0.3, -0.25) is 0 Å². The summed E-state index contributed by atoms with van der Waals surface area (Å²) in [6.45, 7) is 4.46. The molecule has 0 amide bonds. The Bertz CT molecular complexity index is 523. The average molecular weight is 194 g/mol. The number of rotatable bonds is 0. The van der Waals surface area contributed by atoms with Gasteiger partial charge in [0.15, 0.2) is 0 Å². The molecule has 0 bridgehead atoms. The lowest BCUT2D eigenvalue weighted by Gasteiger charge is -2.06. The maximum absolute atomic E-state index is 2.32. The highest BCUT2D eigenvalue weighted by Crippen LogP contribution is 2.44. The standard InChI is InChI=1S/C15H14/c1-10-7-8-14-13-6-4-3-5-12(13)11(2)15(14)9-10/h3-9,11H,1-2H3. The topological polar surface area (TPSA) is 0 Å². The molecule has 0 saturated heterocycles. The van der Waals surface area contributed by atoms with Crippen LogP contribution in [-0.4, -0.2) is 0 Å². The van der Waals surface area contributed by atoms with Crippen molar-refractivity contribution in [3.63, 3.8) is 0 Å². The van der Waals surface area contributed by atoms with Crippen molar-refractivity contribution >= 4 is 0 Å². The zero-order chi connectivity index (χ0) is 10.4. The first kappa shape index (κ1) is 8.72. The van der Waals surface area contributed by atoms with Gasteiger partial charge < -0.3 is 0 Å². The maximum Gasteiger partial charge on any atom is 0.00734 e. The molecule has 3 rings (SSSR count). The van der Waals surface area contributed by atoms with E-state index in [1.165, 1.54) is 27.8 Å². The van der Waals surface area contributed by atoms with Crippen molar-refractivity contribution in [1.29, 1.82) is 0 Å². The molecule has 1 aliphatic carbocycles. The van der Waals surface area contributed by atoms with Gasteiger partial charge in [-0.2, -0.15) is 0 Å². The van der Waals surface area contributed by atoms with Crippen LogP contribution in [0.25, 0.3) is 11.1 Å². The van der Waals surface area contributed by atoms with Gasteiger partial charge in [-0.15, -0.1) is 0 Å². The van der Waals surface area contributed by atoms with E-state index >= 15 is 0 Å². The van der Waals surface area contributed by atoms with Gasteiger partial charge in [0, 0.05) is 5.92 Å². The fourth-order valence-corrected chi connectivity index (χ4v) is 2.57. The summed E-state index contributed by atoms with van der Waals surface area (Å²) < 4.78 is 0. The third-order valence-electron chi connectivity index (χ3n) is 3.39. The lowest BCUT2D eigenvalue weighted by atomic mass is 9.98. The third kappa shape index (κ3) is 1.14. The van der Waals surface area contributed by atoms with E-state index < -0.39 is 0 Å². The minimum Gasteiger partial charge on any atom is -0.0619 e. The monoisotopic (exact) mass is 194 g/mol. The first-order valence-electron chi connectivity index (χ1n) is 5.47. The van der Waals surface area contributed by atoms with Crippen molar-refractivity contribution in [3.05, 3.63) is 59.2 Å². The van der Waals surface area contributed by atoms with Gasteiger partial charge in [-0.05, 0) is 29.2 Å². The molecule has 1 unspecified atom stereocenters. The van der Waals surface area contributed by atoms with Crippen LogP contribution in [0.15, 0.2) is 42.5 Å². The molecule has 0 heteroatoms. The fraction of sp³-hybridized carbons (Fsp3) is 0.200. The Morgan fingerprint density at radius 3 is 2.47 bits per heavy atom. The van der Waals surface area contributed by atoms with Crippen LogP contribution in [0.2, 0.25) is 0 Å². The summed E-state index contributed by atoms with van der Waals surface area (Å²) in [4.78, 5) is 0. The summed E-state index contributed by atoms with van der Waals surface area (Å²) in [7, 11) is 0. The second-order valence-electron chi connectivity index (χ2n) is 4.40. The molecule has 0 saturated carbocycles. The smallest absolute Gasteiger partial charge is 0.00734 e. The SMILES string of the molecule is Cc1ccc2c(c1)C(C)c1ccccc1-2. The molecule has 1 atom stereocenters. The van der Waals surface area contributed by atoms with Crippen LogP contribution in [0.4, 0.5) is 0 Å². The minimum absolute atomic E-state index is 0.552. The summed E-state index contributed by atoms with van der Waals surface area (Å²) >= 11 is 0. The molecule has 2 aromatic carbocycles. The van der Waals surface area contributed by atoms with Crippen molar-refractivity contribution in [2.24, 2.45) is 0 Å². The second kappa shape index (κ2) is 2.96. The van der Waals surface area contributed by atoms with Crippen LogP contribution in [0.5, 0.6) is 0 Å². The molecule has 1 aliphatic rings. The molecular formula is C15H14. The summed E-state index contributed by atoms with van der Waals surface area (Å²) in [6.07, 6.45) is 0. The van der Waals surface area contributed by atoms with Crippen LogP contribution in [0.1, 0.15) is 29.5 Å². The van der Waals surface area contributed by atoms with Crippen molar-refractivity contribution in [2.45, 2.75) is 19.8 Å². The first-order valence-corrected chi connectivity index (χ1v) is 5.47. The predicted molar refractivity (Wildman–Crippen MR) is 64.1 cm³/mol. The summed E-state index contributed by atoms with van der Waals surface area (Å²) in [5, 5.41) is 0. The lowest BCUT2D eigenvalue weighted by molar-refractivity contribution is 0.954. The molecule has 15 heavy (non-hydrogen) atoms. The average Bonchev–Trinajstić information content (AvgIpc) is 2.54. The Hall–Kier alpha value is -1.56. The van der Waals surface area contributed by atoms with Crippen molar-refractivity contribution < 1.29 is 0 Å². The molecule has 0 aliphatic heterocycles. The van der Waals surface area contributed by atoms with E-state index in [2.05, 4.69) is 56.3 Å². The molecule has 0 aromatic heterocycles. The highest BCUT2D eigenvalue weighted by atomic mass is 14.3. The Balaban J connectivity index is 2.32. The molecule has 0 N–H and O–H groups in total. The number of hydrogen-bond acceptors (Lipinski definition) is 0. The van der Waals surface area contributed by atoms with Gasteiger partial charge in [-0.1, -0.05) is 55.0 Å². The van der Waals surface area contributed by atoms with Crippen LogP contribution < -0.4 is 0 Å². The number of aryl methyl sites for hydroxylation is 1. The molecule has 2 aromatic rings. The first-order chi connectivity index (χ1) is 7.27. The van der Waals surface area contributed by atoms with Crippen molar-refractivity contribution in [2.75, 3.05) is 0 Å². The Morgan fingerprint density at radius 1 is 0.867 bits per heavy atom. The second-order valence-corrected chi connectivity index (χ2v) is 4.40. The molecule has 0 nitrogen and oxygen atoms in total. The van der Waals surface area contributed by atoms with E-state index in [1.807, 2.05) is 0 Å². The highest BCUT2D eigenvalue weighted by molar-refractivity contribution is 5.78. The van der Waals surface area contributed by atoms with Crippen LogP contribution in [0, 0.1) is 6.92 Å². The molecule has 0 radical (unpaired) electrons. The Morgan fingerprint density at radius 2 is 1.60 bits per heavy atom. The van der Waals surface area contributed by atoms with E-state index in [9.17, 15) is 0 Å².